The molecule has 0 spiro atoms. The summed E-state index contributed by atoms with van der Waals surface area (Å²) in [7, 11) is -3.58. The summed E-state index contributed by atoms with van der Waals surface area (Å²) in [5.74, 6) is 0.604. The van der Waals surface area contributed by atoms with Crippen molar-refractivity contribution in [1.29, 1.82) is 0 Å². The SMILES string of the molecule is CCSc1ccccc1NC(=O)c1cc(S(=O)(=O)N2CCCCC2)ccc1C. The number of nitrogens with zero attached hydrogens (tertiary/aromatic N) is 1. The number of nitrogens with one attached hydrogen (secondary N) is 1. The van der Waals surface area contributed by atoms with Crippen LogP contribution in [-0.4, -0.2) is 37.5 Å². The predicted molar refractivity (Wildman–Crippen MR) is 115 cm³/mol. The van der Waals surface area contributed by atoms with Crippen molar-refractivity contribution in [2.24, 2.45) is 0 Å². The van der Waals surface area contributed by atoms with E-state index in [9.17, 15) is 13.2 Å². The van der Waals surface area contributed by atoms with Crippen molar-refractivity contribution in [3.05, 3.63) is 53.6 Å². The Bertz CT molecular complexity index is 952. The molecule has 7 heteroatoms. The maximum Gasteiger partial charge on any atom is 0.256 e. The predicted octanol–water partition coefficient (Wildman–Crippen LogP) is 4.53. The molecule has 3 rings (SSSR count). The maximum atomic E-state index is 13.0. The van der Waals surface area contributed by atoms with E-state index in [1.54, 1.807) is 23.9 Å². The van der Waals surface area contributed by atoms with Crippen LogP contribution in [0.3, 0.4) is 0 Å². The normalized spacial score (nSPS) is 15.4. The molecule has 0 unspecified atom stereocenters. The van der Waals surface area contributed by atoms with Gasteiger partial charge in [-0.3, -0.25) is 4.79 Å². The fraction of sp³-hybridized carbons (Fsp3) is 0.381. The van der Waals surface area contributed by atoms with E-state index in [-0.39, 0.29) is 10.8 Å². The Kier molecular flexibility index (Phi) is 6.80. The number of thioether (sulfide) groups is 1. The second-order valence-corrected chi connectivity index (χ2v) is 10.1. The quantitative estimate of drug-likeness (QED) is 0.700. The van der Waals surface area contributed by atoms with Crippen molar-refractivity contribution in [3.63, 3.8) is 0 Å². The molecule has 0 atom stereocenters. The summed E-state index contributed by atoms with van der Waals surface area (Å²) >= 11 is 1.65. The van der Waals surface area contributed by atoms with E-state index in [4.69, 9.17) is 0 Å². The summed E-state index contributed by atoms with van der Waals surface area (Å²) in [5, 5.41) is 2.94. The van der Waals surface area contributed by atoms with Crippen LogP contribution in [-0.2, 0) is 10.0 Å². The molecule has 0 aliphatic carbocycles. The van der Waals surface area contributed by atoms with Gasteiger partial charge in [0.1, 0.15) is 0 Å². The number of anilines is 1. The number of aryl methyl sites for hydroxylation is 1. The molecule has 1 N–H and O–H groups in total. The zero-order valence-corrected chi connectivity index (χ0v) is 17.9. The number of amides is 1. The van der Waals surface area contributed by atoms with E-state index < -0.39 is 10.0 Å². The summed E-state index contributed by atoms with van der Waals surface area (Å²) in [6, 6.07) is 12.4. The molecule has 1 amide bonds. The fourth-order valence-electron chi connectivity index (χ4n) is 3.30. The summed E-state index contributed by atoms with van der Waals surface area (Å²) in [6.45, 7) is 4.96. The van der Waals surface area contributed by atoms with Crippen LogP contribution in [0.25, 0.3) is 0 Å². The van der Waals surface area contributed by atoms with Crippen molar-refractivity contribution in [2.45, 2.75) is 42.9 Å². The van der Waals surface area contributed by atoms with Crippen LogP contribution in [0.5, 0.6) is 0 Å². The number of hydrogen-bond donors (Lipinski definition) is 1. The van der Waals surface area contributed by atoms with Gasteiger partial charge in [-0.05, 0) is 55.3 Å². The lowest BCUT2D eigenvalue weighted by Gasteiger charge is -2.26. The molecule has 150 valence electrons. The van der Waals surface area contributed by atoms with Crippen LogP contribution in [0.15, 0.2) is 52.3 Å². The number of carbonyl (C=O) groups excluding carboxylic acids is 1. The van der Waals surface area contributed by atoms with Gasteiger partial charge in [0.05, 0.1) is 10.6 Å². The minimum atomic E-state index is -3.58. The molecule has 28 heavy (non-hydrogen) atoms. The van der Waals surface area contributed by atoms with Gasteiger partial charge in [-0.25, -0.2) is 8.42 Å². The van der Waals surface area contributed by atoms with E-state index in [0.29, 0.717) is 18.7 Å². The molecule has 1 aliphatic rings. The summed E-state index contributed by atoms with van der Waals surface area (Å²) in [4.78, 5) is 14.1. The van der Waals surface area contributed by atoms with Crippen LogP contribution in [0.2, 0.25) is 0 Å². The zero-order chi connectivity index (χ0) is 20.1. The number of hydrogen-bond acceptors (Lipinski definition) is 4. The molecular weight excluding hydrogens is 392 g/mol. The Labute approximate surface area is 171 Å². The average molecular weight is 419 g/mol. The lowest BCUT2D eigenvalue weighted by atomic mass is 10.1. The topological polar surface area (TPSA) is 66.5 Å². The third-order valence-electron chi connectivity index (χ3n) is 4.84. The highest BCUT2D eigenvalue weighted by Gasteiger charge is 2.27. The standard InChI is InChI=1S/C21H26N2O3S2/c1-3-27-20-10-6-5-9-19(20)22-21(24)18-15-17(12-11-16(18)2)28(25,26)23-13-7-4-8-14-23/h5-6,9-12,15H,3-4,7-8,13-14H2,1-2H3,(H,22,24). The zero-order valence-electron chi connectivity index (χ0n) is 16.3. The second-order valence-electron chi connectivity index (χ2n) is 6.82. The Morgan fingerprint density at radius 1 is 1.11 bits per heavy atom. The van der Waals surface area contributed by atoms with Crippen LogP contribution < -0.4 is 5.32 Å². The number of sulfonamides is 1. The average Bonchev–Trinajstić information content (AvgIpc) is 2.70. The van der Waals surface area contributed by atoms with Crippen LogP contribution in [0.1, 0.15) is 42.1 Å². The molecule has 1 aliphatic heterocycles. The molecule has 2 aromatic rings. The Morgan fingerprint density at radius 3 is 2.54 bits per heavy atom. The fourth-order valence-corrected chi connectivity index (χ4v) is 5.61. The van der Waals surface area contributed by atoms with Crippen molar-refractivity contribution in [1.82, 2.24) is 4.31 Å². The van der Waals surface area contributed by atoms with Crippen molar-refractivity contribution >= 4 is 33.4 Å². The third-order valence-corrected chi connectivity index (χ3v) is 7.69. The van der Waals surface area contributed by atoms with Gasteiger partial charge in [-0.2, -0.15) is 4.31 Å². The number of para-hydroxylation sites is 1. The smallest absolute Gasteiger partial charge is 0.256 e. The molecular formula is C21H26N2O3S2. The number of piperidine rings is 1. The summed E-state index contributed by atoms with van der Waals surface area (Å²) < 4.78 is 27.4. The summed E-state index contributed by atoms with van der Waals surface area (Å²) in [6.07, 6.45) is 2.82. The molecule has 0 aromatic heterocycles. The minimum Gasteiger partial charge on any atom is -0.321 e. The van der Waals surface area contributed by atoms with E-state index in [1.807, 2.05) is 31.2 Å². The monoisotopic (exact) mass is 418 g/mol. The highest BCUT2D eigenvalue weighted by Crippen LogP contribution is 2.28. The first-order valence-corrected chi connectivity index (χ1v) is 12.0. The van der Waals surface area contributed by atoms with E-state index in [2.05, 4.69) is 12.2 Å². The van der Waals surface area contributed by atoms with Crippen LogP contribution in [0, 0.1) is 6.92 Å². The van der Waals surface area contributed by atoms with Crippen molar-refractivity contribution < 1.29 is 13.2 Å². The Hall–Kier alpha value is -1.83. The van der Waals surface area contributed by atoms with Gasteiger partial charge in [0.15, 0.2) is 0 Å². The highest BCUT2D eigenvalue weighted by molar-refractivity contribution is 7.99. The minimum absolute atomic E-state index is 0.182. The first-order chi connectivity index (χ1) is 13.4. The van der Waals surface area contributed by atoms with E-state index >= 15 is 0 Å². The molecule has 1 heterocycles. The number of benzene rings is 2. The molecule has 2 aromatic carbocycles. The van der Waals surface area contributed by atoms with Crippen LogP contribution >= 0.6 is 11.8 Å². The van der Waals surface area contributed by atoms with Gasteiger partial charge < -0.3 is 5.32 Å². The molecule has 0 bridgehead atoms. The van der Waals surface area contributed by atoms with Gasteiger partial charge in [0, 0.05) is 23.5 Å². The molecule has 1 fully saturated rings. The second kappa shape index (κ2) is 9.11. The van der Waals surface area contributed by atoms with Crippen LogP contribution in [0.4, 0.5) is 5.69 Å². The van der Waals surface area contributed by atoms with E-state index in [1.165, 1.54) is 10.4 Å². The Morgan fingerprint density at radius 2 is 1.82 bits per heavy atom. The van der Waals surface area contributed by atoms with Gasteiger partial charge in [0.25, 0.3) is 5.91 Å². The molecule has 0 radical (unpaired) electrons. The number of carbonyl (C=O) groups is 1. The third kappa shape index (κ3) is 4.59. The Balaban J connectivity index is 1.88. The first-order valence-electron chi connectivity index (χ1n) is 9.57. The molecule has 5 nitrogen and oxygen atoms in total. The first kappa shape index (κ1) is 20.9. The molecule has 0 saturated carbocycles. The van der Waals surface area contributed by atoms with Gasteiger partial charge in [0.2, 0.25) is 10.0 Å². The van der Waals surface area contributed by atoms with Gasteiger partial charge in [-0.1, -0.05) is 31.5 Å². The summed E-state index contributed by atoms with van der Waals surface area (Å²) in [5.41, 5.74) is 1.87. The van der Waals surface area contributed by atoms with Crippen molar-refractivity contribution in [2.75, 3.05) is 24.2 Å². The van der Waals surface area contributed by atoms with Gasteiger partial charge >= 0.3 is 0 Å². The molecule has 1 saturated heterocycles. The number of rotatable bonds is 6. The maximum absolute atomic E-state index is 13.0. The largest absolute Gasteiger partial charge is 0.321 e. The van der Waals surface area contributed by atoms with E-state index in [0.717, 1.165) is 41.2 Å². The lowest BCUT2D eigenvalue weighted by Crippen LogP contribution is -2.35. The van der Waals surface area contributed by atoms with Gasteiger partial charge in [-0.15, -0.1) is 11.8 Å². The lowest BCUT2D eigenvalue weighted by molar-refractivity contribution is 0.102. The van der Waals surface area contributed by atoms with Crippen molar-refractivity contribution in [3.8, 4) is 0 Å². The highest BCUT2D eigenvalue weighted by atomic mass is 32.2.